The largest absolute Gasteiger partial charge is 0.354 e. The third-order valence-electron chi connectivity index (χ3n) is 7.10. The molecule has 0 heterocycles. The maximum Gasteiger partial charge on any atom is 0.220 e. The molecule has 222 valence electrons. The van der Waals surface area contributed by atoms with Gasteiger partial charge in [-0.2, -0.15) is 0 Å². The summed E-state index contributed by atoms with van der Waals surface area (Å²) >= 11 is 0. The SMILES string of the molecule is CCCCCCC=CCCCCCCCC(=O)NCCNC(=O)CCCCCCCC=CCCCCCC. The van der Waals surface area contributed by atoms with Gasteiger partial charge in [0.1, 0.15) is 0 Å². The molecule has 0 rings (SSSR count). The van der Waals surface area contributed by atoms with Gasteiger partial charge in [0, 0.05) is 25.9 Å². The number of nitrogens with one attached hydrogen (secondary N) is 2. The van der Waals surface area contributed by atoms with Crippen molar-refractivity contribution in [1.29, 1.82) is 0 Å². The standard InChI is InChI=1S/C34H64N2O2/c1-3-5-7-9-11-13-15-17-19-21-23-25-27-29-33(37)35-31-32-36-34(38)30-28-26-24-22-20-18-16-14-12-10-8-6-4-2/h13-16H,3-12,17-32H2,1-2H3,(H,35,37)(H,36,38). The van der Waals surface area contributed by atoms with Crippen molar-refractivity contribution in [3.8, 4) is 0 Å². The summed E-state index contributed by atoms with van der Waals surface area (Å²) in [6.07, 6.45) is 37.8. The molecule has 0 aromatic rings. The molecule has 0 atom stereocenters. The van der Waals surface area contributed by atoms with Gasteiger partial charge in [-0.05, 0) is 64.2 Å². The van der Waals surface area contributed by atoms with Crippen molar-refractivity contribution in [2.45, 2.75) is 168 Å². The average molecular weight is 533 g/mol. The molecule has 0 aliphatic carbocycles. The van der Waals surface area contributed by atoms with Crippen molar-refractivity contribution < 1.29 is 9.59 Å². The van der Waals surface area contributed by atoms with Gasteiger partial charge in [-0.25, -0.2) is 0 Å². The lowest BCUT2D eigenvalue weighted by Crippen LogP contribution is -2.34. The van der Waals surface area contributed by atoms with E-state index < -0.39 is 0 Å². The van der Waals surface area contributed by atoms with Crippen LogP contribution in [-0.4, -0.2) is 24.9 Å². The van der Waals surface area contributed by atoms with Gasteiger partial charge in [0.2, 0.25) is 11.8 Å². The van der Waals surface area contributed by atoms with Crippen molar-refractivity contribution in [1.82, 2.24) is 10.6 Å². The summed E-state index contributed by atoms with van der Waals surface area (Å²) in [6.45, 7) is 5.57. The number of unbranched alkanes of at least 4 members (excludes halogenated alkanes) is 18. The smallest absolute Gasteiger partial charge is 0.220 e. The van der Waals surface area contributed by atoms with Crippen molar-refractivity contribution in [2.75, 3.05) is 13.1 Å². The Labute approximate surface area is 237 Å². The van der Waals surface area contributed by atoms with E-state index in [1.807, 2.05) is 0 Å². The normalized spacial score (nSPS) is 11.5. The van der Waals surface area contributed by atoms with Gasteiger partial charge < -0.3 is 10.6 Å². The van der Waals surface area contributed by atoms with Crippen LogP contribution in [-0.2, 0) is 9.59 Å². The number of hydrogen-bond donors (Lipinski definition) is 2. The number of hydrogen-bond acceptors (Lipinski definition) is 2. The van der Waals surface area contributed by atoms with Crippen LogP contribution >= 0.6 is 0 Å². The van der Waals surface area contributed by atoms with E-state index >= 15 is 0 Å². The topological polar surface area (TPSA) is 58.2 Å². The molecule has 0 aliphatic heterocycles. The van der Waals surface area contributed by atoms with Crippen molar-refractivity contribution in [3.05, 3.63) is 24.3 Å². The van der Waals surface area contributed by atoms with E-state index in [1.165, 1.54) is 116 Å². The molecule has 0 spiro atoms. The first-order valence-electron chi connectivity index (χ1n) is 16.5. The molecule has 0 unspecified atom stereocenters. The molecular formula is C34H64N2O2. The molecule has 0 saturated heterocycles. The molecule has 0 aromatic heterocycles. The molecule has 4 nitrogen and oxygen atoms in total. The molecule has 0 fully saturated rings. The molecule has 0 saturated carbocycles. The predicted molar refractivity (Wildman–Crippen MR) is 166 cm³/mol. The molecule has 0 bridgehead atoms. The lowest BCUT2D eigenvalue weighted by molar-refractivity contribution is -0.123. The van der Waals surface area contributed by atoms with Crippen LogP contribution in [0, 0.1) is 0 Å². The quantitative estimate of drug-likeness (QED) is 0.0744. The minimum absolute atomic E-state index is 0.108. The number of carbonyl (C=O) groups is 2. The molecule has 0 radical (unpaired) electrons. The highest BCUT2D eigenvalue weighted by molar-refractivity contribution is 5.77. The summed E-state index contributed by atoms with van der Waals surface area (Å²) in [4.78, 5) is 23.9. The number of rotatable bonds is 29. The van der Waals surface area contributed by atoms with Gasteiger partial charge in [-0.1, -0.05) is 115 Å². The maximum atomic E-state index is 12.0. The Kier molecular flexibility index (Phi) is 30.3. The number of carbonyl (C=O) groups excluding carboxylic acids is 2. The molecule has 0 aliphatic rings. The highest BCUT2D eigenvalue weighted by atomic mass is 16.2. The molecule has 38 heavy (non-hydrogen) atoms. The molecule has 2 amide bonds. The van der Waals surface area contributed by atoms with E-state index in [0.29, 0.717) is 25.9 Å². The Hall–Kier alpha value is -1.58. The van der Waals surface area contributed by atoms with Crippen LogP contribution in [0.5, 0.6) is 0 Å². The highest BCUT2D eigenvalue weighted by Crippen LogP contribution is 2.10. The van der Waals surface area contributed by atoms with Crippen LogP contribution in [0.2, 0.25) is 0 Å². The molecule has 4 heteroatoms. The Balaban J connectivity index is 3.35. The van der Waals surface area contributed by atoms with Gasteiger partial charge >= 0.3 is 0 Å². The summed E-state index contributed by atoms with van der Waals surface area (Å²) in [6, 6.07) is 0. The fourth-order valence-corrected chi connectivity index (χ4v) is 4.59. The zero-order valence-electron chi connectivity index (χ0n) is 25.5. The first kappa shape index (κ1) is 36.4. The van der Waals surface area contributed by atoms with Crippen LogP contribution < -0.4 is 10.6 Å². The summed E-state index contributed by atoms with van der Waals surface area (Å²) in [5.41, 5.74) is 0. The lowest BCUT2D eigenvalue weighted by atomic mass is 10.1. The second-order valence-electron chi connectivity index (χ2n) is 11.0. The number of amides is 2. The Morgan fingerprint density at radius 3 is 1.05 bits per heavy atom. The third kappa shape index (κ3) is 30.6. The van der Waals surface area contributed by atoms with Gasteiger partial charge in [0.25, 0.3) is 0 Å². The summed E-state index contributed by atoms with van der Waals surface area (Å²) < 4.78 is 0. The van der Waals surface area contributed by atoms with E-state index in [0.717, 1.165) is 25.7 Å². The van der Waals surface area contributed by atoms with Crippen molar-refractivity contribution in [3.63, 3.8) is 0 Å². The van der Waals surface area contributed by atoms with Crippen LogP contribution in [0.1, 0.15) is 168 Å². The zero-order chi connectivity index (χ0) is 27.8. The zero-order valence-corrected chi connectivity index (χ0v) is 25.5. The predicted octanol–water partition coefficient (Wildman–Crippen LogP) is 9.73. The van der Waals surface area contributed by atoms with Crippen molar-refractivity contribution >= 4 is 11.8 Å². The third-order valence-corrected chi connectivity index (χ3v) is 7.10. The van der Waals surface area contributed by atoms with E-state index in [4.69, 9.17) is 0 Å². The second-order valence-corrected chi connectivity index (χ2v) is 11.0. The van der Waals surface area contributed by atoms with Crippen molar-refractivity contribution in [2.24, 2.45) is 0 Å². The minimum atomic E-state index is 0.108. The fourth-order valence-electron chi connectivity index (χ4n) is 4.59. The Morgan fingerprint density at radius 1 is 0.421 bits per heavy atom. The van der Waals surface area contributed by atoms with Gasteiger partial charge in [-0.15, -0.1) is 0 Å². The molecule has 0 aromatic carbocycles. The summed E-state index contributed by atoms with van der Waals surface area (Å²) in [5.74, 6) is 0.216. The van der Waals surface area contributed by atoms with E-state index in [-0.39, 0.29) is 11.8 Å². The van der Waals surface area contributed by atoms with Gasteiger partial charge in [0.05, 0.1) is 0 Å². The van der Waals surface area contributed by atoms with Gasteiger partial charge in [-0.3, -0.25) is 9.59 Å². The Morgan fingerprint density at radius 2 is 0.711 bits per heavy atom. The minimum Gasteiger partial charge on any atom is -0.354 e. The first-order chi connectivity index (χ1) is 18.7. The van der Waals surface area contributed by atoms with Crippen LogP contribution in [0.4, 0.5) is 0 Å². The lowest BCUT2D eigenvalue weighted by Gasteiger charge is -2.07. The summed E-state index contributed by atoms with van der Waals surface area (Å²) in [5, 5.41) is 5.86. The monoisotopic (exact) mass is 532 g/mol. The van der Waals surface area contributed by atoms with E-state index in [1.54, 1.807) is 0 Å². The van der Waals surface area contributed by atoms with Gasteiger partial charge in [0.15, 0.2) is 0 Å². The average Bonchev–Trinajstić information content (AvgIpc) is 2.92. The van der Waals surface area contributed by atoms with Crippen LogP contribution in [0.15, 0.2) is 24.3 Å². The molecule has 2 N–H and O–H groups in total. The number of allylic oxidation sites excluding steroid dienone is 4. The van der Waals surface area contributed by atoms with Crippen LogP contribution in [0.3, 0.4) is 0 Å². The molecular weight excluding hydrogens is 468 g/mol. The fraction of sp³-hybridized carbons (Fsp3) is 0.824. The highest BCUT2D eigenvalue weighted by Gasteiger charge is 2.03. The van der Waals surface area contributed by atoms with E-state index in [2.05, 4.69) is 48.8 Å². The van der Waals surface area contributed by atoms with Crippen LogP contribution in [0.25, 0.3) is 0 Å². The van der Waals surface area contributed by atoms with E-state index in [9.17, 15) is 9.59 Å². The second kappa shape index (κ2) is 31.6. The maximum absolute atomic E-state index is 12.0. The first-order valence-corrected chi connectivity index (χ1v) is 16.5. The summed E-state index contributed by atoms with van der Waals surface area (Å²) in [7, 11) is 0. The Bertz CT molecular complexity index is 521.